The van der Waals surface area contributed by atoms with Gasteiger partial charge in [-0.25, -0.2) is 4.98 Å². The van der Waals surface area contributed by atoms with Crippen LogP contribution in [0.4, 0.5) is 5.82 Å². The van der Waals surface area contributed by atoms with Crippen molar-refractivity contribution in [1.29, 1.82) is 0 Å². The number of aromatic nitrogens is 2. The Morgan fingerprint density at radius 1 is 1.27 bits per heavy atom. The first-order chi connectivity index (χ1) is 14.7. The van der Waals surface area contributed by atoms with Crippen LogP contribution in [-0.2, 0) is 24.1 Å². The lowest BCUT2D eigenvalue weighted by Gasteiger charge is -2.27. The standard InChI is InChI=1S/C24H28N4O2/c1-16-2-5-21-19(12-16)20-13-18(4-6-22(20)27-21)24(29)26-15-17-3-7-23(25-14-17)28-8-10-30-11-9-28/h3-4,6-7,13-14,16,27H,2,5,8-12,15H2,1H3,(H,26,29). The fraction of sp³-hybridized carbons (Fsp3) is 0.417. The van der Waals surface area contributed by atoms with E-state index in [2.05, 4.69) is 27.1 Å². The van der Waals surface area contributed by atoms with Gasteiger partial charge in [0.1, 0.15) is 5.82 Å². The summed E-state index contributed by atoms with van der Waals surface area (Å²) < 4.78 is 5.39. The van der Waals surface area contributed by atoms with Gasteiger partial charge in [-0.3, -0.25) is 4.79 Å². The molecule has 1 fully saturated rings. The molecule has 1 amide bonds. The van der Waals surface area contributed by atoms with Crippen LogP contribution in [0.5, 0.6) is 0 Å². The SMILES string of the molecule is CC1CCc2[nH]c3ccc(C(=O)NCc4ccc(N5CCOCC5)nc4)cc3c2C1. The number of aryl methyl sites for hydroxylation is 1. The van der Waals surface area contributed by atoms with E-state index in [1.807, 2.05) is 36.5 Å². The number of fused-ring (bicyclic) bond motifs is 3. The normalized spacial score (nSPS) is 19.0. The van der Waals surface area contributed by atoms with Crippen LogP contribution in [-0.4, -0.2) is 42.2 Å². The third kappa shape index (κ3) is 3.79. The molecule has 0 radical (unpaired) electrons. The number of hydrogen-bond acceptors (Lipinski definition) is 4. The molecule has 6 nitrogen and oxygen atoms in total. The number of benzene rings is 1. The molecule has 0 saturated carbocycles. The molecule has 156 valence electrons. The smallest absolute Gasteiger partial charge is 0.251 e. The lowest BCUT2D eigenvalue weighted by Crippen LogP contribution is -2.36. The summed E-state index contributed by atoms with van der Waals surface area (Å²) in [6.07, 6.45) is 5.26. The Morgan fingerprint density at radius 2 is 2.13 bits per heavy atom. The van der Waals surface area contributed by atoms with Crippen molar-refractivity contribution in [3.63, 3.8) is 0 Å². The van der Waals surface area contributed by atoms with E-state index in [9.17, 15) is 4.79 Å². The summed E-state index contributed by atoms with van der Waals surface area (Å²) in [4.78, 5) is 23.1. The molecule has 30 heavy (non-hydrogen) atoms. The van der Waals surface area contributed by atoms with Gasteiger partial charge in [-0.05, 0) is 60.6 Å². The lowest BCUT2D eigenvalue weighted by atomic mass is 9.87. The van der Waals surface area contributed by atoms with Crippen LogP contribution in [0.2, 0.25) is 0 Å². The molecule has 1 saturated heterocycles. The molecule has 2 aliphatic rings. The van der Waals surface area contributed by atoms with Crippen LogP contribution in [0.15, 0.2) is 36.5 Å². The molecule has 0 spiro atoms. The molecular weight excluding hydrogens is 376 g/mol. The average Bonchev–Trinajstić information content (AvgIpc) is 3.15. The van der Waals surface area contributed by atoms with Crippen molar-refractivity contribution < 1.29 is 9.53 Å². The van der Waals surface area contributed by atoms with E-state index in [1.54, 1.807) is 0 Å². The maximum atomic E-state index is 12.8. The van der Waals surface area contributed by atoms with Gasteiger partial charge in [0.2, 0.25) is 0 Å². The second-order valence-electron chi connectivity index (χ2n) is 8.50. The molecule has 3 aromatic rings. The zero-order chi connectivity index (χ0) is 20.5. The monoisotopic (exact) mass is 404 g/mol. The summed E-state index contributed by atoms with van der Waals surface area (Å²) in [5, 5.41) is 4.23. The third-order valence-corrected chi connectivity index (χ3v) is 6.29. The minimum absolute atomic E-state index is 0.0482. The zero-order valence-electron chi connectivity index (χ0n) is 17.4. The van der Waals surface area contributed by atoms with Crippen molar-refractivity contribution in [2.24, 2.45) is 5.92 Å². The summed E-state index contributed by atoms with van der Waals surface area (Å²) in [6, 6.07) is 10.0. The first kappa shape index (κ1) is 19.1. The summed E-state index contributed by atoms with van der Waals surface area (Å²) in [6.45, 7) is 5.99. The number of H-pyrrole nitrogens is 1. The predicted molar refractivity (Wildman–Crippen MR) is 118 cm³/mol. The van der Waals surface area contributed by atoms with Crippen molar-refractivity contribution >= 4 is 22.6 Å². The maximum Gasteiger partial charge on any atom is 0.251 e. The number of ether oxygens (including phenoxy) is 1. The molecule has 1 atom stereocenters. The van der Waals surface area contributed by atoms with E-state index in [4.69, 9.17) is 4.74 Å². The second kappa shape index (κ2) is 8.11. The number of aromatic amines is 1. The van der Waals surface area contributed by atoms with Crippen LogP contribution in [0.1, 0.15) is 40.5 Å². The Kier molecular flexibility index (Phi) is 5.17. The highest BCUT2D eigenvalue weighted by molar-refractivity contribution is 5.99. The van der Waals surface area contributed by atoms with Gasteiger partial charge in [0.15, 0.2) is 0 Å². The van der Waals surface area contributed by atoms with Gasteiger partial charge >= 0.3 is 0 Å². The molecule has 3 heterocycles. The predicted octanol–water partition coefficient (Wildman–Crippen LogP) is 3.45. The van der Waals surface area contributed by atoms with Gasteiger partial charge in [0, 0.05) is 48.0 Å². The van der Waals surface area contributed by atoms with Crippen LogP contribution < -0.4 is 10.2 Å². The number of rotatable bonds is 4. The number of hydrogen-bond donors (Lipinski definition) is 2. The molecule has 0 bridgehead atoms. The minimum atomic E-state index is -0.0482. The van der Waals surface area contributed by atoms with Crippen molar-refractivity contribution in [1.82, 2.24) is 15.3 Å². The zero-order valence-corrected chi connectivity index (χ0v) is 17.4. The number of nitrogens with one attached hydrogen (secondary N) is 2. The van der Waals surface area contributed by atoms with Crippen molar-refractivity contribution in [3.05, 3.63) is 58.9 Å². The number of carbonyl (C=O) groups is 1. The number of morpholine rings is 1. The van der Waals surface area contributed by atoms with Crippen molar-refractivity contribution in [3.8, 4) is 0 Å². The van der Waals surface area contributed by atoms with E-state index in [1.165, 1.54) is 23.1 Å². The van der Waals surface area contributed by atoms with Gasteiger partial charge in [-0.2, -0.15) is 0 Å². The topological polar surface area (TPSA) is 70.2 Å². The summed E-state index contributed by atoms with van der Waals surface area (Å²) in [7, 11) is 0. The van der Waals surface area contributed by atoms with E-state index in [0.717, 1.165) is 56.0 Å². The number of nitrogens with zero attached hydrogens (tertiary/aromatic N) is 2. The van der Waals surface area contributed by atoms with E-state index < -0.39 is 0 Å². The summed E-state index contributed by atoms with van der Waals surface area (Å²) in [5.41, 5.74) is 5.57. The van der Waals surface area contributed by atoms with Crippen molar-refractivity contribution in [2.45, 2.75) is 32.7 Å². The van der Waals surface area contributed by atoms with Gasteiger partial charge < -0.3 is 19.9 Å². The highest BCUT2D eigenvalue weighted by atomic mass is 16.5. The molecule has 5 rings (SSSR count). The van der Waals surface area contributed by atoms with E-state index in [0.29, 0.717) is 18.0 Å². The lowest BCUT2D eigenvalue weighted by molar-refractivity contribution is 0.0951. The van der Waals surface area contributed by atoms with Crippen LogP contribution in [0.25, 0.3) is 10.9 Å². The number of pyridine rings is 1. The Morgan fingerprint density at radius 3 is 2.93 bits per heavy atom. The molecule has 2 N–H and O–H groups in total. The summed E-state index contributed by atoms with van der Waals surface area (Å²) in [5.74, 6) is 1.61. The van der Waals surface area contributed by atoms with Crippen LogP contribution in [0.3, 0.4) is 0 Å². The minimum Gasteiger partial charge on any atom is -0.378 e. The highest BCUT2D eigenvalue weighted by Crippen LogP contribution is 2.32. The van der Waals surface area contributed by atoms with E-state index in [-0.39, 0.29) is 5.91 Å². The maximum absolute atomic E-state index is 12.8. The van der Waals surface area contributed by atoms with Gasteiger partial charge in [-0.15, -0.1) is 0 Å². The summed E-state index contributed by atoms with van der Waals surface area (Å²) >= 11 is 0. The average molecular weight is 405 g/mol. The molecule has 2 aromatic heterocycles. The second-order valence-corrected chi connectivity index (χ2v) is 8.50. The molecule has 6 heteroatoms. The number of carbonyl (C=O) groups excluding carboxylic acids is 1. The van der Waals surface area contributed by atoms with Crippen molar-refractivity contribution in [2.75, 3.05) is 31.2 Å². The Balaban J connectivity index is 1.26. The fourth-order valence-electron chi connectivity index (χ4n) is 4.52. The molecule has 1 aromatic carbocycles. The highest BCUT2D eigenvalue weighted by Gasteiger charge is 2.20. The molecular formula is C24H28N4O2. The Labute approximate surface area is 176 Å². The largest absolute Gasteiger partial charge is 0.378 e. The van der Waals surface area contributed by atoms with Crippen LogP contribution in [0, 0.1) is 5.92 Å². The third-order valence-electron chi connectivity index (χ3n) is 6.29. The fourth-order valence-corrected chi connectivity index (χ4v) is 4.52. The number of amides is 1. The molecule has 1 aliphatic heterocycles. The van der Waals surface area contributed by atoms with Gasteiger partial charge in [0.25, 0.3) is 5.91 Å². The first-order valence-corrected chi connectivity index (χ1v) is 10.9. The van der Waals surface area contributed by atoms with Gasteiger partial charge in [0.05, 0.1) is 13.2 Å². The quantitative estimate of drug-likeness (QED) is 0.699. The van der Waals surface area contributed by atoms with Crippen LogP contribution >= 0.6 is 0 Å². The van der Waals surface area contributed by atoms with Gasteiger partial charge in [-0.1, -0.05) is 13.0 Å². The van der Waals surface area contributed by atoms with E-state index >= 15 is 0 Å². The first-order valence-electron chi connectivity index (χ1n) is 10.9. The Bertz CT molecular complexity index is 1050. The Hall–Kier alpha value is -2.86. The molecule has 1 unspecified atom stereocenters. The number of anilines is 1. The molecule has 1 aliphatic carbocycles.